The quantitative estimate of drug-likeness (QED) is 0.584. The van der Waals surface area contributed by atoms with Crippen LogP contribution in [0.4, 0.5) is 11.4 Å². The lowest BCUT2D eigenvalue weighted by molar-refractivity contribution is -0.120. The third kappa shape index (κ3) is 3.40. The SMILES string of the molecule is CCOc1cccc(N2C(=O)C(Nc3ccc4c(c3)OCO4)=C(c3cccs3)C2=O)c1. The van der Waals surface area contributed by atoms with E-state index in [1.54, 1.807) is 42.5 Å². The summed E-state index contributed by atoms with van der Waals surface area (Å²) in [5.74, 6) is 1.00. The zero-order chi connectivity index (χ0) is 21.4. The Morgan fingerprint density at radius 1 is 1.03 bits per heavy atom. The van der Waals surface area contributed by atoms with E-state index in [4.69, 9.17) is 14.2 Å². The second-order valence-electron chi connectivity index (χ2n) is 6.80. The number of carbonyl (C=O) groups excluding carboxylic acids is 2. The third-order valence-electron chi connectivity index (χ3n) is 4.88. The van der Waals surface area contributed by atoms with Crippen molar-refractivity contribution in [2.75, 3.05) is 23.6 Å². The molecule has 2 aliphatic heterocycles. The number of ether oxygens (including phenoxy) is 3. The molecule has 0 aliphatic carbocycles. The number of fused-ring (bicyclic) bond motifs is 1. The highest BCUT2D eigenvalue weighted by atomic mass is 32.1. The smallest absolute Gasteiger partial charge is 0.282 e. The van der Waals surface area contributed by atoms with E-state index in [2.05, 4.69) is 5.32 Å². The maximum Gasteiger partial charge on any atom is 0.282 e. The van der Waals surface area contributed by atoms with Gasteiger partial charge in [0.2, 0.25) is 6.79 Å². The van der Waals surface area contributed by atoms with E-state index in [1.807, 2.05) is 24.4 Å². The summed E-state index contributed by atoms with van der Waals surface area (Å²) in [4.78, 5) is 28.7. The van der Waals surface area contributed by atoms with Gasteiger partial charge in [-0.05, 0) is 42.6 Å². The zero-order valence-electron chi connectivity index (χ0n) is 16.6. The number of thiophene rings is 1. The second kappa shape index (κ2) is 7.81. The molecule has 0 bridgehead atoms. The van der Waals surface area contributed by atoms with Gasteiger partial charge in [-0.2, -0.15) is 0 Å². The fourth-order valence-electron chi connectivity index (χ4n) is 3.53. The number of amides is 2. The van der Waals surface area contributed by atoms with Crippen LogP contribution < -0.4 is 24.4 Å². The van der Waals surface area contributed by atoms with E-state index in [-0.39, 0.29) is 18.4 Å². The van der Waals surface area contributed by atoms with Crippen LogP contribution in [0.2, 0.25) is 0 Å². The molecule has 5 rings (SSSR count). The highest BCUT2D eigenvalue weighted by Crippen LogP contribution is 2.38. The van der Waals surface area contributed by atoms with E-state index >= 15 is 0 Å². The van der Waals surface area contributed by atoms with Gasteiger partial charge in [0.05, 0.1) is 17.9 Å². The number of hydrogen-bond acceptors (Lipinski definition) is 7. The summed E-state index contributed by atoms with van der Waals surface area (Å²) in [5.41, 5.74) is 1.63. The molecular formula is C23H18N2O5S. The lowest BCUT2D eigenvalue weighted by atomic mass is 10.1. The molecule has 0 fully saturated rings. The maximum atomic E-state index is 13.4. The summed E-state index contributed by atoms with van der Waals surface area (Å²) in [5, 5.41) is 5.01. The first-order valence-corrected chi connectivity index (χ1v) is 10.6. The molecule has 1 N–H and O–H groups in total. The molecule has 0 radical (unpaired) electrons. The molecule has 2 aromatic carbocycles. The van der Waals surface area contributed by atoms with E-state index in [9.17, 15) is 9.59 Å². The molecule has 0 saturated heterocycles. The lowest BCUT2D eigenvalue weighted by Crippen LogP contribution is -2.32. The molecule has 0 unspecified atom stereocenters. The van der Waals surface area contributed by atoms with Crippen LogP contribution in [-0.4, -0.2) is 25.2 Å². The molecule has 2 aliphatic rings. The highest BCUT2D eigenvalue weighted by Gasteiger charge is 2.41. The zero-order valence-corrected chi connectivity index (χ0v) is 17.4. The van der Waals surface area contributed by atoms with Crippen molar-refractivity contribution in [3.8, 4) is 17.2 Å². The number of rotatable bonds is 6. The van der Waals surface area contributed by atoms with Crippen molar-refractivity contribution in [3.63, 3.8) is 0 Å². The Hall–Kier alpha value is -3.78. The van der Waals surface area contributed by atoms with Gasteiger partial charge in [0, 0.05) is 22.7 Å². The van der Waals surface area contributed by atoms with Gasteiger partial charge in [-0.25, -0.2) is 4.90 Å². The molecular weight excluding hydrogens is 416 g/mol. The lowest BCUT2D eigenvalue weighted by Gasteiger charge is -2.16. The molecule has 0 saturated carbocycles. The summed E-state index contributed by atoms with van der Waals surface area (Å²) >= 11 is 1.40. The predicted octanol–water partition coefficient (Wildman–Crippen LogP) is 4.27. The van der Waals surface area contributed by atoms with Gasteiger partial charge in [0.1, 0.15) is 11.4 Å². The summed E-state index contributed by atoms with van der Waals surface area (Å²) in [7, 11) is 0. The van der Waals surface area contributed by atoms with Crippen LogP contribution in [0.5, 0.6) is 17.2 Å². The van der Waals surface area contributed by atoms with E-state index in [0.29, 0.717) is 45.7 Å². The summed E-state index contributed by atoms with van der Waals surface area (Å²) in [6.07, 6.45) is 0. The number of nitrogens with zero attached hydrogens (tertiary/aromatic N) is 1. The number of nitrogens with one attached hydrogen (secondary N) is 1. The molecule has 7 nitrogen and oxygen atoms in total. The first-order valence-electron chi connectivity index (χ1n) is 9.72. The minimum Gasteiger partial charge on any atom is -0.494 e. The Balaban J connectivity index is 1.54. The molecule has 0 spiro atoms. The van der Waals surface area contributed by atoms with Gasteiger partial charge in [0.15, 0.2) is 11.5 Å². The van der Waals surface area contributed by atoms with Crippen molar-refractivity contribution < 1.29 is 23.8 Å². The van der Waals surface area contributed by atoms with E-state index < -0.39 is 5.91 Å². The van der Waals surface area contributed by atoms with Crippen LogP contribution >= 0.6 is 11.3 Å². The van der Waals surface area contributed by atoms with Crippen molar-refractivity contribution in [3.05, 3.63) is 70.6 Å². The van der Waals surface area contributed by atoms with Crippen LogP contribution in [0.25, 0.3) is 5.57 Å². The van der Waals surface area contributed by atoms with Crippen LogP contribution in [0, 0.1) is 0 Å². The monoisotopic (exact) mass is 434 g/mol. The Morgan fingerprint density at radius 2 is 1.90 bits per heavy atom. The molecule has 0 atom stereocenters. The van der Waals surface area contributed by atoms with Gasteiger partial charge in [-0.15, -0.1) is 11.3 Å². The van der Waals surface area contributed by atoms with E-state index in [1.165, 1.54) is 16.2 Å². The average Bonchev–Trinajstić information content (AvgIpc) is 3.49. The standard InChI is InChI=1S/C23H18N2O5S/c1-2-28-16-6-3-5-15(12-16)25-22(26)20(19-7-4-10-31-19)21(23(25)27)24-14-8-9-17-18(11-14)30-13-29-17/h3-12,24H,2,13H2,1H3. The van der Waals surface area contributed by atoms with Gasteiger partial charge in [0.25, 0.3) is 11.8 Å². The molecule has 3 aromatic rings. The number of imide groups is 1. The van der Waals surface area contributed by atoms with Gasteiger partial charge in [-0.1, -0.05) is 12.1 Å². The minimum absolute atomic E-state index is 0.156. The van der Waals surface area contributed by atoms with Crippen molar-refractivity contribution in [1.82, 2.24) is 0 Å². The van der Waals surface area contributed by atoms with Gasteiger partial charge < -0.3 is 19.5 Å². The second-order valence-corrected chi connectivity index (χ2v) is 7.74. The normalized spacial score (nSPS) is 15.1. The Morgan fingerprint density at radius 3 is 2.71 bits per heavy atom. The summed E-state index contributed by atoms with van der Waals surface area (Å²) in [6, 6.07) is 15.9. The predicted molar refractivity (Wildman–Crippen MR) is 118 cm³/mol. The molecule has 2 amide bonds. The van der Waals surface area contributed by atoms with Crippen molar-refractivity contribution in [2.24, 2.45) is 0 Å². The number of carbonyl (C=O) groups is 2. The molecule has 31 heavy (non-hydrogen) atoms. The average molecular weight is 434 g/mol. The number of benzene rings is 2. The number of hydrogen-bond donors (Lipinski definition) is 1. The van der Waals surface area contributed by atoms with Gasteiger partial charge >= 0.3 is 0 Å². The highest BCUT2D eigenvalue weighted by molar-refractivity contribution is 7.11. The fourth-order valence-corrected chi connectivity index (χ4v) is 4.30. The van der Waals surface area contributed by atoms with Crippen LogP contribution in [-0.2, 0) is 9.59 Å². The fraction of sp³-hybridized carbons (Fsp3) is 0.130. The topological polar surface area (TPSA) is 77.1 Å². The van der Waals surface area contributed by atoms with Crippen LogP contribution in [0.15, 0.2) is 65.7 Å². The first kappa shape index (κ1) is 19.2. The number of anilines is 2. The van der Waals surface area contributed by atoms with Gasteiger partial charge in [-0.3, -0.25) is 9.59 Å². The van der Waals surface area contributed by atoms with Crippen LogP contribution in [0.1, 0.15) is 11.8 Å². The molecule has 156 valence electrons. The molecule has 1 aromatic heterocycles. The van der Waals surface area contributed by atoms with Crippen molar-refractivity contribution in [2.45, 2.75) is 6.92 Å². The summed E-state index contributed by atoms with van der Waals surface area (Å²) in [6.45, 7) is 2.52. The van der Waals surface area contributed by atoms with Crippen molar-refractivity contribution >= 4 is 40.1 Å². The summed E-state index contributed by atoms with van der Waals surface area (Å²) < 4.78 is 16.3. The Kier molecular flexibility index (Phi) is 4.83. The largest absolute Gasteiger partial charge is 0.494 e. The maximum absolute atomic E-state index is 13.4. The van der Waals surface area contributed by atoms with Crippen LogP contribution in [0.3, 0.4) is 0 Å². The Bertz CT molecular complexity index is 1200. The molecule has 3 heterocycles. The third-order valence-corrected chi connectivity index (χ3v) is 5.77. The Labute approximate surface area is 182 Å². The minimum atomic E-state index is -0.431. The first-order chi connectivity index (χ1) is 15.2. The van der Waals surface area contributed by atoms with Crippen molar-refractivity contribution in [1.29, 1.82) is 0 Å². The van der Waals surface area contributed by atoms with E-state index in [0.717, 1.165) is 0 Å². The molecule has 8 heteroatoms.